The molecule has 16 heavy (non-hydrogen) atoms. The van der Waals surface area contributed by atoms with Gasteiger partial charge in [0.15, 0.2) is 0 Å². The number of carbonyl (C=O) groups is 1. The van der Waals surface area contributed by atoms with Crippen molar-refractivity contribution in [2.75, 3.05) is 6.54 Å². The van der Waals surface area contributed by atoms with Crippen molar-refractivity contribution in [3.63, 3.8) is 0 Å². The maximum Gasteiger partial charge on any atom is 0.236 e. The van der Waals surface area contributed by atoms with Gasteiger partial charge in [-0.15, -0.1) is 0 Å². The summed E-state index contributed by atoms with van der Waals surface area (Å²) in [5.74, 6) is 1.06. The second-order valence-electron chi connectivity index (χ2n) is 4.96. The van der Waals surface area contributed by atoms with Crippen LogP contribution in [0.15, 0.2) is 0 Å². The third-order valence-electron chi connectivity index (χ3n) is 3.24. The molecule has 2 N–H and O–H groups in total. The highest BCUT2D eigenvalue weighted by molar-refractivity contribution is 5.81. The zero-order valence-corrected chi connectivity index (χ0v) is 10.9. The molecule has 1 rings (SSSR count). The third kappa shape index (κ3) is 4.97. The summed E-state index contributed by atoms with van der Waals surface area (Å²) >= 11 is 0. The first kappa shape index (κ1) is 13.5. The van der Waals surface area contributed by atoms with E-state index in [4.69, 9.17) is 0 Å². The highest BCUT2D eigenvalue weighted by Crippen LogP contribution is 2.34. The summed E-state index contributed by atoms with van der Waals surface area (Å²) < 4.78 is 0. The summed E-state index contributed by atoms with van der Waals surface area (Å²) in [6.45, 7) is 7.00. The third-order valence-corrected chi connectivity index (χ3v) is 3.24. The number of amides is 1. The molecular formula is C13H26N2O. The Hall–Kier alpha value is -0.570. The molecule has 0 heterocycles. The van der Waals surface area contributed by atoms with Crippen LogP contribution in [-0.4, -0.2) is 24.5 Å². The van der Waals surface area contributed by atoms with Crippen LogP contribution in [0.2, 0.25) is 0 Å². The zero-order valence-electron chi connectivity index (χ0n) is 10.9. The second-order valence-corrected chi connectivity index (χ2v) is 4.96. The van der Waals surface area contributed by atoms with Gasteiger partial charge < -0.3 is 10.6 Å². The molecule has 3 nitrogen and oxygen atoms in total. The second kappa shape index (κ2) is 6.89. The Labute approximate surface area is 99.4 Å². The molecule has 2 atom stereocenters. The van der Waals surface area contributed by atoms with Gasteiger partial charge in [0.1, 0.15) is 0 Å². The van der Waals surface area contributed by atoms with Crippen LogP contribution >= 0.6 is 0 Å². The Morgan fingerprint density at radius 2 is 2.06 bits per heavy atom. The van der Waals surface area contributed by atoms with E-state index in [1.165, 1.54) is 19.3 Å². The topological polar surface area (TPSA) is 41.1 Å². The lowest BCUT2D eigenvalue weighted by atomic mass is 10.1. The minimum Gasteiger partial charge on any atom is -0.355 e. The van der Waals surface area contributed by atoms with Crippen molar-refractivity contribution in [2.45, 2.75) is 65.0 Å². The van der Waals surface area contributed by atoms with Crippen molar-refractivity contribution in [3.8, 4) is 0 Å². The van der Waals surface area contributed by atoms with Gasteiger partial charge in [-0.2, -0.15) is 0 Å². The zero-order chi connectivity index (χ0) is 12.0. The molecule has 1 amide bonds. The van der Waals surface area contributed by atoms with E-state index in [1.54, 1.807) is 0 Å². The van der Waals surface area contributed by atoms with Crippen LogP contribution in [0.3, 0.4) is 0 Å². The molecule has 1 fully saturated rings. The van der Waals surface area contributed by atoms with Gasteiger partial charge in [0.2, 0.25) is 5.91 Å². The predicted octanol–water partition coefficient (Wildman–Crippen LogP) is 2.07. The highest BCUT2D eigenvalue weighted by atomic mass is 16.2. The van der Waals surface area contributed by atoms with Crippen LogP contribution in [-0.2, 0) is 4.79 Å². The summed E-state index contributed by atoms with van der Waals surface area (Å²) in [6.07, 6.45) is 6.12. The van der Waals surface area contributed by atoms with Crippen molar-refractivity contribution < 1.29 is 4.79 Å². The molecule has 0 aliphatic heterocycles. The van der Waals surface area contributed by atoms with Crippen LogP contribution in [0, 0.1) is 5.92 Å². The summed E-state index contributed by atoms with van der Waals surface area (Å²) in [7, 11) is 0. The lowest BCUT2D eigenvalue weighted by Gasteiger charge is -2.21. The van der Waals surface area contributed by atoms with Crippen molar-refractivity contribution >= 4 is 5.91 Å². The minimum atomic E-state index is -0.0600. The van der Waals surface area contributed by atoms with E-state index >= 15 is 0 Å². The Morgan fingerprint density at radius 3 is 2.56 bits per heavy atom. The first-order chi connectivity index (χ1) is 7.67. The average Bonchev–Trinajstić information content (AvgIpc) is 3.08. The van der Waals surface area contributed by atoms with Gasteiger partial charge in [-0.1, -0.05) is 26.7 Å². The lowest BCUT2D eigenvalue weighted by Crippen LogP contribution is -2.46. The Balaban J connectivity index is 2.23. The Morgan fingerprint density at radius 1 is 1.38 bits per heavy atom. The normalized spacial score (nSPS) is 19.2. The van der Waals surface area contributed by atoms with E-state index in [9.17, 15) is 4.79 Å². The van der Waals surface area contributed by atoms with Crippen LogP contribution in [0.4, 0.5) is 0 Å². The molecule has 2 unspecified atom stereocenters. The quantitative estimate of drug-likeness (QED) is 0.665. The van der Waals surface area contributed by atoms with Crippen molar-refractivity contribution in [3.05, 3.63) is 0 Å². The molecule has 3 heteroatoms. The van der Waals surface area contributed by atoms with Crippen LogP contribution < -0.4 is 10.6 Å². The van der Waals surface area contributed by atoms with E-state index < -0.39 is 0 Å². The lowest BCUT2D eigenvalue weighted by molar-refractivity contribution is -0.122. The molecule has 1 saturated carbocycles. The van der Waals surface area contributed by atoms with Crippen molar-refractivity contribution in [2.24, 2.45) is 5.92 Å². The summed E-state index contributed by atoms with van der Waals surface area (Å²) in [5.41, 5.74) is 0. The molecular weight excluding hydrogens is 200 g/mol. The van der Waals surface area contributed by atoms with E-state index in [0.29, 0.717) is 6.04 Å². The highest BCUT2D eigenvalue weighted by Gasteiger charge is 2.26. The molecule has 94 valence electrons. The van der Waals surface area contributed by atoms with Gasteiger partial charge in [0.05, 0.1) is 6.04 Å². The molecule has 0 aromatic rings. The van der Waals surface area contributed by atoms with Gasteiger partial charge in [-0.3, -0.25) is 4.79 Å². The summed E-state index contributed by atoms with van der Waals surface area (Å²) in [5, 5.41) is 6.36. The van der Waals surface area contributed by atoms with Crippen LogP contribution in [0.25, 0.3) is 0 Å². The fourth-order valence-electron chi connectivity index (χ4n) is 1.94. The maximum absolute atomic E-state index is 11.7. The van der Waals surface area contributed by atoms with Gasteiger partial charge in [-0.05, 0) is 32.1 Å². The minimum absolute atomic E-state index is 0.0600. The van der Waals surface area contributed by atoms with Crippen LogP contribution in [0.5, 0.6) is 0 Å². The van der Waals surface area contributed by atoms with Gasteiger partial charge >= 0.3 is 0 Å². The molecule has 0 bridgehead atoms. The van der Waals surface area contributed by atoms with Gasteiger partial charge in [0, 0.05) is 12.6 Å². The Kier molecular flexibility index (Phi) is 5.81. The summed E-state index contributed by atoms with van der Waals surface area (Å²) in [6, 6.07) is 0.449. The summed E-state index contributed by atoms with van der Waals surface area (Å²) in [4.78, 5) is 11.7. The molecule has 0 spiro atoms. The number of rotatable bonds is 8. The number of nitrogens with one attached hydrogen (secondary N) is 2. The molecule has 1 aliphatic carbocycles. The Bertz CT molecular complexity index is 214. The van der Waals surface area contributed by atoms with Crippen molar-refractivity contribution in [1.82, 2.24) is 10.6 Å². The number of carbonyl (C=O) groups excluding carboxylic acids is 1. The molecule has 0 saturated heterocycles. The molecule has 0 aromatic carbocycles. The maximum atomic E-state index is 11.7. The van der Waals surface area contributed by atoms with E-state index in [2.05, 4.69) is 24.5 Å². The number of hydrogen-bond acceptors (Lipinski definition) is 2. The number of hydrogen-bond donors (Lipinski definition) is 2. The standard InChI is InChI=1S/C13H26N2O/c1-4-8-14-13(16)10(3)15-12(5-2)9-11-6-7-11/h10-12,15H,4-9H2,1-3H3,(H,14,16). The first-order valence-corrected chi connectivity index (χ1v) is 6.71. The predicted molar refractivity (Wildman–Crippen MR) is 67.3 cm³/mol. The van der Waals surface area contributed by atoms with Gasteiger partial charge in [-0.25, -0.2) is 0 Å². The average molecular weight is 226 g/mol. The fourth-order valence-corrected chi connectivity index (χ4v) is 1.94. The molecule has 0 aromatic heterocycles. The monoisotopic (exact) mass is 226 g/mol. The smallest absolute Gasteiger partial charge is 0.236 e. The molecule has 1 aliphatic rings. The largest absolute Gasteiger partial charge is 0.355 e. The van der Waals surface area contributed by atoms with E-state index in [1.807, 2.05) is 6.92 Å². The van der Waals surface area contributed by atoms with E-state index in [0.717, 1.165) is 25.3 Å². The van der Waals surface area contributed by atoms with Gasteiger partial charge in [0.25, 0.3) is 0 Å². The van der Waals surface area contributed by atoms with Crippen molar-refractivity contribution in [1.29, 1.82) is 0 Å². The van der Waals surface area contributed by atoms with E-state index in [-0.39, 0.29) is 11.9 Å². The van der Waals surface area contributed by atoms with Crippen LogP contribution in [0.1, 0.15) is 52.9 Å². The SMILES string of the molecule is CCCNC(=O)C(C)NC(CC)CC1CC1. The molecule has 0 radical (unpaired) electrons. The fraction of sp³-hybridized carbons (Fsp3) is 0.923. The first-order valence-electron chi connectivity index (χ1n) is 6.71.